The van der Waals surface area contributed by atoms with Crippen LogP contribution in [0.2, 0.25) is 0 Å². The number of nitrogens with zero attached hydrogens (tertiary/aromatic N) is 3. The molecule has 1 rings (SSSR count). The zero-order chi connectivity index (χ0) is 17.2. The molecule has 1 atom stereocenters. The largest absolute Gasteiger partial charge is 0.357 e. The summed E-state index contributed by atoms with van der Waals surface area (Å²) in [5, 5.41) is 7.53. The topological polar surface area (TPSA) is 47.9 Å². The Bertz CT molecular complexity index is 489. The predicted octanol–water partition coefficient (Wildman–Crippen LogP) is 3.24. The van der Waals surface area contributed by atoms with Crippen LogP contribution in [0.25, 0.3) is 0 Å². The number of likely N-dealkylation sites (N-methyl/N-ethyl adjacent to an activating group) is 2. The van der Waals surface area contributed by atoms with Crippen molar-refractivity contribution in [3.8, 4) is 0 Å². The number of guanidine groups is 1. The molecule has 7 heteroatoms. The molecule has 0 aliphatic rings. The van der Waals surface area contributed by atoms with Crippen molar-refractivity contribution in [2.24, 2.45) is 4.99 Å². The molecule has 1 unspecified atom stereocenters. The molecule has 0 saturated heterocycles. The van der Waals surface area contributed by atoms with Gasteiger partial charge in [0.05, 0.1) is 6.54 Å². The van der Waals surface area contributed by atoms with Crippen LogP contribution in [-0.2, 0) is 4.79 Å². The van der Waals surface area contributed by atoms with Crippen LogP contribution in [-0.4, -0.2) is 61.4 Å². The lowest BCUT2D eigenvalue weighted by Gasteiger charge is -2.26. The number of hydrogen-bond donors (Lipinski definition) is 1. The van der Waals surface area contributed by atoms with Crippen molar-refractivity contribution in [3.05, 3.63) is 22.4 Å². The number of nitrogens with one attached hydrogen (secondary N) is 1. The highest BCUT2D eigenvalue weighted by Crippen LogP contribution is 2.18. The van der Waals surface area contributed by atoms with Gasteiger partial charge in [-0.2, -0.15) is 11.3 Å². The molecule has 1 N–H and O–H groups in total. The first-order valence-electron chi connectivity index (χ1n) is 8.32. The Labute approximate surface area is 167 Å². The SMILES string of the molecule is CCNC(=NCC(C)c1ccsc1)N(C)CC(=O)N(CC)CC.I. The highest BCUT2D eigenvalue weighted by atomic mass is 127. The Balaban J connectivity index is 0.00000529. The molecule has 1 aromatic heterocycles. The fourth-order valence-corrected chi connectivity index (χ4v) is 3.09. The average molecular weight is 466 g/mol. The fraction of sp³-hybridized carbons (Fsp3) is 0.647. The molecule has 138 valence electrons. The third-order valence-electron chi connectivity index (χ3n) is 3.81. The van der Waals surface area contributed by atoms with E-state index in [-0.39, 0.29) is 29.9 Å². The lowest BCUT2D eigenvalue weighted by Crippen LogP contribution is -2.45. The molecule has 0 spiro atoms. The summed E-state index contributed by atoms with van der Waals surface area (Å²) >= 11 is 1.71. The van der Waals surface area contributed by atoms with Gasteiger partial charge in [-0.05, 0) is 43.2 Å². The van der Waals surface area contributed by atoms with Crippen LogP contribution in [0.5, 0.6) is 0 Å². The van der Waals surface area contributed by atoms with Crippen molar-refractivity contribution in [2.45, 2.75) is 33.6 Å². The Morgan fingerprint density at radius 3 is 2.50 bits per heavy atom. The molecule has 24 heavy (non-hydrogen) atoms. The number of aliphatic imine (C=N–C) groups is 1. The van der Waals surface area contributed by atoms with E-state index in [4.69, 9.17) is 4.99 Å². The van der Waals surface area contributed by atoms with Gasteiger partial charge < -0.3 is 15.1 Å². The Kier molecular flexibility index (Phi) is 12.1. The summed E-state index contributed by atoms with van der Waals surface area (Å²) in [5.74, 6) is 1.30. The second kappa shape index (κ2) is 12.5. The standard InChI is InChI=1S/C17H30N4OS.HI/c1-6-18-17(19-11-14(4)15-9-10-23-13-15)20(5)12-16(22)21(7-2)8-3;/h9-10,13-14H,6-8,11-12H2,1-5H3,(H,18,19);1H. The van der Waals surface area contributed by atoms with Crippen molar-refractivity contribution >= 4 is 47.2 Å². The number of amides is 1. The van der Waals surface area contributed by atoms with Gasteiger partial charge in [-0.25, -0.2) is 0 Å². The molecule has 0 saturated carbocycles. The number of rotatable bonds is 8. The number of thiophene rings is 1. The Hall–Kier alpha value is -0.830. The van der Waals surface area contributed by atoms with Gasteiger partial charge in [0.1, 0.15) is 0 Å². The summed E-state index contributed by atoms with van der Waals surface area (Å²) in [6.45, 7) is 11.6. The summed E-state index contributed by atoms with van der Waals surface area (Å²) in [5.41, 5.74) is 1.32. The van der Waals surface area contributed by atoms with Gasteiger partial charge in [-0.3, -0.25) is 9.79 Å². The van der Waals surface area contributed by atoms with E-state index < -0.39 is 0 Å². The van der Waals surface area contributed by atoms with E-state index in [0.717, 1.165) is 25.6 Å². The summed E-state index contributed by atoms with van der Waals surface area (Å²) < 4.78 is 0. The van der Waals surface area contributed by atoms with Crippen LogP contribution >= 0.6 is 35.3 Å². The highest BCUT2D eigenvalue weighted by molar-refractivity contribution is 14.0. The third-order valence-corrected chi connectivity index (χ3v) is 4.51. The molecule has 0 fully saturated rings. The van der Waals surface area contributed by atoms with Crippen molar-refractivity contribution in [2.75, 3.05) is 39.8 Å². The van der Waals surface area contributed by atoms with Crippen molar-refractivity contribution < 1.29 is 4.79 Å². The minimum atomic E-state index is 0. The predicted molar refractivity (Wildman–Crippen MR) is 115 cm³/mol. The van der Waals surface area contributed by atoms with Crippen LogP contribution in [0.4, 0.5) is 0 Å². The van der Waals surface area contributed by atoms with Crippen LogP contribution in [0, 0.1) is 0 Å². The Morgan fingerprint density at radius 1 is 1.33 bits per heavy atom. The number of carbonyl (C=O) groups is 1. The zero-order valence-corrected chi connectivity index (χ0v) is 18.6. The summed E-state index contributed by atoms with van der Waals surface area (Å²) in [4.78, 5) is 20.7. The summed E-state index contributed by atoms with van der Waals surface area (Å²) in [7, 11) is 1.91. The molecular weight excluding hydrogens is 435 g/mol. The molecule has 0 aliphatic heterocycles. The highest BCUT2D eigenvalue weighted by Gasteiger charge is 2.15. The van der Waals surface area contributed by atoms with Crippen LogP contribution < -0.4 is 5.32 Å². The fourth-order valence-electron chi connectivity index (χ4n) is 2.31. The second-order valence-electron chi connectivity index (χ2n) is 5.57. The van der Waals surface area contributed by atoms with Gasteiger partial charge >= 0.3 is 0 Å². The van der Waals surface area contributed by atoms with E-state index in [0.29, 0.717) is 19.0 Å². The van der Waals surface area contributed by atoms with E-state index in [9.17, 15) is 4.79 Å². The monoisotopic (exact) mass is 466 g/mol. The molecule has 0 radical (unpaired) electrons. The number of halogens is 1. The third kappa shape index (κ3) is 7.38. The van der Waals surface area contributed by atoms with Crippen molar-refractivity contribution in [1.82, 2.24) is 15.1 Å². The van der Waals surface area contributed by atoms with E-state index in [1.54, 1.807) is 11.3 Å². The average Bonchev–Trinajstić information content (AvgIpc) is 3.06. The maximum absolute atomic E-state index is 12.3. The second-order valence-corrected chi connectivity index (χ2v) is 6.35. The first-order chi connectivity index (χ1) is 11.0. The Morgan fingerprint density at radius 2 is 2.00 bits per heavy atom. The van der Waals surface area contributed by atoms with Gasteiger partial charge in [-0.1, -0.05) is 6.92 Å². The van der Waals surface area contributed by atoms with Crippen LogP contribution in [0.3, 0.4) is 0 Å². The van der Waals surface area contributed by atoms with E-state index in [1.807, 2.05) is 37.6 Å². The first-order valence-corrected chi connectivity index (χ1v) is 9.26. The van der Waals surface area contributed by atoms with Gasteiger partial charge in [0.25, 0.3) is 0 Å². The van der Waals surface area contributed by atoms with Gasteiger partial charge in [-0.15, -0.1) is 24.0 Å². The first kappa shape index (κ1) is 23.2. The van der Waals surface area contributed by atoms with Crippen LogP contribution in [0.15, 0.2) is 21.8 Å². The molecular formula is C17H31IN4OS. The molecule has 1 heterocycles. The van der Waals surface area contributed by atoms with Gasteiger partial charge in [0, 0.05) is 39.1 Å². The maximum Gasteiger partial charge on any atom is 0.242 e. The minimum absolute atomic E-state index is 0. The number of hydrogen-bond acceptors (Lipinski definition) is 3. The van der Waals surface area contributed by atoms with Gasteiger partial charge in [0.2, 0.25) is 5.91 Å². The molecule has 0 bridgehead atoms. The van der Waals surface area contributed by atoms with E-state index in [2.05, 4.69) is 29.1 Å². The number of carbonyl (C=O) groups excluding carboxylic acids is 1. The van der Waals surface area contributed by atoms with E-state index in [1.165, 1.54) is 5.56 Å². The van der Waals surface area contributed by atoms with Crippen LogP contribution in [0.1, 0.15) is 39.2 Å². The molecule has 5 nitrogen and oxygen atoms in total. The lowest BCUT2D eigenvalue weighted by atomic mass is 10.1. The normalized spacial score (nSPS) is 12.3. The van der Waals surface area contributed by atoms with Crippen molar-refractivity contribution in [1.29, 1.82) is 0 Å². The zero-order valence-electron chi connectivity index (χ0n) is 15.4. The maximum atomic E-state index is 12.3. The van der Waals surface area contributed by atoms with E-state index >= 15 is 0 Å². The minimum Gasteiger partial charge on any atom is -0.357 e. The molecule has 0 aliphatic carbocycles. The van der Waals surface area contributed by atoms with Crippen molar-refractivity contribution in [3.63, 3.8) is 0 Å². The summed E-state index contributed by atoms with van der Waals surface area (Å²) in [6, 6.07) is 2.14. The molecule has 0 aromatic carbocycles. The smallest absolute Gasteiger partial charge is 0.242 e. The molecule has 1 aromatic rings. The van der Waals surface area contributed by atoms with Gasteiger partial charge in [0.15, 0.2) is 5.96 Å². The quantitative estimate of drug-likeness (QED) is 0.364. The molecule has 1 amide bonds. The summed E-state index contributed by atoms with van der Waals surface area (Å²) in [6.07, 6.45) is 0. The lowest BCUT2D eigenvalue weighted by molar-refractivity contribution is -0.131.